The Bertz CT molecular complexity index is 595. The molecule has 0 amide bonds. The predicted octanol–water partition coefficient (Wildman–Crippen LogP) is 3.31. The van der Waals surface area contributed by atoms with Gasteiger partial charge in [-0.3, -0.25) is 4.98 Å². The monoisotopic (exact) mass is 281 g/mol. The predicted molar refractivity (Wildman–Crippen MR) is 87.5 cm³/mol. The number of aromatic nitrogens is 1. The zero-order valence-corrected chi connectivity index (χ0v) is 12.8. The molecule has 0 spiro atoms. The molecule has 1 aliphatic heterocycles. The van der Waals surface area contributed by atoms with Crippen LogP contribution in [0.25, 0.3) is 0 Å². The normalized spacial score (nSPS) is 15.6. The van der Waals surface area contributed by atoms with Crippen LogP contribution in [0.3, 0.4) is 0 Å². The minimum Gasteiger partial charge on any atom is -0.367 e. The molecule has 0 saturated carbocycles. The van der Waals surface area contributed by atoms with Gasteiger partial charge in [0.1, 0.15) is 0 Å². The Labute approximate surface area is 127 Å². The fraction of sp³-hybridized carbons (Fsp3) is 0.389. The molecule has 0 bridgehead atoms. The van der Waals surface area contributed by atoms with Gasteiger partial charge in [-0.05, 0) is 61.7 Å². The third kappa shape index (κ3) is 3.08. The number of pyridine rings is 1. The molecule has 1 unspecified atom stereocenters. The average Bonchev–Trinajstić information content (AvgIpc) is 2.55. The standard InChI is InChI=1S/C18H23N3/c1-14(19-2)16-5-6-18-17(12-16)4-3-11-21(18)13-15-7-9-20-10-8-15/h5-10,12,14,19H,3-4,11,13H2,1-2H3. The number of aryl methyl sites for hydroxylation is 1. The molecule has 1 atom stereocenters. The highest BCUT2D eigenvalue weighted by molar-refractivity contribution is 5.57. The molecule has 1 aromatic heterocycles. The number of fused-ring (bicyclic) bond motifs is 1. The van der Waals surface area contributed by atoms with E-state index in [1.807, 2.05) is 19.4 Å². The van der Waals surface area contributed by atoms with Gasteiger partial charge >= 0.3 is 0 Å². The lowest BCUT2D eigenvalue weighted by Crippen LogP contribution is -2.29. The molecule has 0 fully saturated rings. The molecule has 110 valence electrons. The molecule has 1 aliphatic rings. The number of nitrogens with zero attached hydrogens (tertiary/aromatic N) is 2. The summed E-state index contributed by atoms with van der Waals surface area (Å²) in [6.07, 6.45) is 6.16. The third-order valence-corrected chi connectivity index (χ3v) is 4.37. The summed E-state index contributed by atoms with van der Waals surface area (Å²) in [7, 11) is 2.01. The maximum absolute atomic E-state index is 4.10. The molecule has 21 heavy (non-hydrogen) atoms. The summed E-state index contributed by atoms with van der Waals surface area (Å²) in [6, 6.07) is 11.5. The molecule has 1 aromatic carbocycles. The fourth-order valence-electron chi connectivity index (χ4n) is 3.00. The molecule has 0 aliphatic carbocycles. The van der Waals surface area contributed by atoms with E-state index in [0.717, 1.165) is 13.1 Å². The van der Waals surface area contributed by atoms with E-state index in [4.69, 9.17) is 0 Å². The van der Waals surface area contributed by atoms with Gasteiger partial charge in [0.15, 0.2) is 0 Å². The van der Waals surface area contributed by atoms with Gasteiger partial charge < -0.3 is 10.2 Å². The molecular weight excluding hydrogens is 258 g/mol. The maximum Gasteiger partial charge on any atom is 0.0430 e. The van der Waals surface area contributed by atoms with Crippen molar-refractivity contribution in [2.45, 2.75) is 32.4 Å². The molecule has 0 saturated heterocycles. The molecule has 2 aromatic rings. The first-order valence-electron chi connectivity index (χ1n) is 7.72. The highest BCUT2D eigenvalue weighted by Gasteiger charge is 2.18. The highest BCUT2D eigenvalue weighted by Crippen LogP contribution is 2.30. The third-order valence-electron chi connectivity index (χ3n) is 4.37. The summed E-state index contributed by atoms with van der Waals surface area (Å²) in [5, 5.41) is 3.32. The van der Waals surface area contributed by atoms with Crippen LogP contribution in [0.4, 0.5) is 5.69 Å². The van der Waals surface area contributed by atoms with E-state index in [-0.39, 0.29) is 0 Å². The van der Waals surface area contributed by atoms with E-state index < -0.39 is 0 Å². The lowest BCUT2D eigenvalue weighted by Gasteiger charge is -2.32. The minimum atomic E-state index is 0.408. The molecular formula is C18H23N3. The smallest absolute Gasteiger partial charge is 0.0430 e. The summed E-state index contributed by atoms with van der Waals surface area (Å²) in [5.41, 5.74) is 5.58. The Morgan fingerprint density at radius 3 is 2.81 bits per heavy atom. The van der Waals surface area contributed by atoms with Crippen molar-refractivity contribution in [3.8, 4) is 0 Å². The summed E-state index contributed by atoms with van der Waals surface area (Å²) in [6.45, 7) is 4.31. The van der Waals surface area contributed by atoms with Crippen LogP contribution in [0.5, 0.6) is 0 Å². The fourth-order valence-corrected chi connectivity index (χ4v) is 3.00. The van der Waals surface area contributed by atoms with E-state index in [1.54, 1.807) is 0 Å². The van der Waals surface area contributed by atoms with Crippen molar-refractivity contribution >= 4 is 5.69 Å². The van der Waals surface area contributed by atoms with Gasteiger partial charge in [0, 0.05) is 37.2 Å². The molecule has 3 heteroatoms. The van der Waals surface area contributed by atoms with Crippen molar-refractivity contribution in [3.63, 3.8) is 0 Å². The van der Waals surface area contributed by atoms with Gasteiger partial charge in [0.2, 0.25) is 0 Å². The largest absolute Gasteiger partial charge is 0.367 e. The quantitative estimate of drug-likeness (QED) is 0.932. The van der Waals surface area contributed by atoms with Crippen LogP contribution in [0.1, 0.15) is 36.1 Å². The van der Waals surface area contributed by atoms with Crippen LogP contribution in [0.2, 0.25) is 0 Å². The van der Waals surface area contributed by atoms with Crippen LogP contribution in [0, 0.1) is 0 Å². The summed E-state index contributed by atoms with van der Waals surface area (Å²) < 4.78 is 0. The number of nitrogens with one attached hydrogen (secondary N) is 1. The Balaban J connectivity index is 1.85. The first-order chi connectivity index (χ1) is 10.3. The Morgan fingerprint density at radius 2 is 2.05 bits per heavy atom. The van der Waals surface area contributed by atoms with Gasteiger partial charge in [-0.15, -0.1) is 0 Å². The van der Waals surface area contributed by atoms with Crippen molar-refractivity contribution in [1.29, 1.82) is 0 Å². The number of benzene rings is 1. The minimum absolute atomic E-state index is 0.408. The van der Waals surface area contributed by atoms with E-state index >= 15 is 0 Å². The topological polar surface area (TPSA) is 28.2 Å². The number of anilines is 1. The van der Waals surface area contributed by atoms with Crippen LogP contribution >= 0.6 is 0 Å². The van der Waals surface area contributed by atoms with E-state index in [1.165, 1.54) is 35.2 Å². The van der Waals surface area contributed by atoms with E-state index in [9.17, 15) is 0 Å². The van der Waals surface area contributed by atoms with Gasteiger partial charge in [-0.1, -0.05) is 12.1 Å². The summed E-state index contributed by atoms with van der Waals surface area (Å²) in [4.78, 5) is 6.59. The number of hydrogen-bond acceptors (Lipinski definition) is 3. The number of rotatable bonds is 4. The van der Waals surface area contributed by atoms with E-state index in [2.05, 4.69) is 52.5 Å². The second-order valence-electron chi connectivity index (χ2n) is 5.78. The van der Waals surface area contributed by atoms with Crippen molar-refractivity contribution in [1.82, 2.24) is 10.3 Å². The molecule has 3 rings (SSSR count). The Kier molecular flexibility index (Phi) is 4.20. The van der Waals surface area contributed by atoms with Crippen molar-refractivity contribution in [2.24, 2.45) is 0 Å². The van der Waals surface area contributed by atoms with Crippen LogP contribution < -0.4 is 10.2 Å². The van der Waals surface area contributed by atoms with Gasteiger partial charge in [-0.2, -0.15) is 0 Å². The summed E-state index contributed by atoms with van der Waals surface area (Å²) >= 11 is 0. The zero-order chi connectivity index (χ0) is 14.7. The molecule has 2 heterocycles. The lowest BCUT2D eigenvalue weighted by molar-refractivity contribution is 0.645. The maximum atomic E-state index is 4.10. The average molecular weight is 281 g/mol. The zero-order valence-electron chi connectivity index (χ0n) is 12.8. The Hall–Kier alpha value is -1.87. The lowest BCUT2D eigenvalue weighted by atomic mass is 9.96. The second-order valence-corrected chi connectivity index (χ2v) is 5.78. The highest BCUT2D eigenvalue weighted by atomic mass is 15.1. The molecule has 1 N–H and O–H groups in total. The van der Waals surface area contributed by atoms with Crippen LogP contribution in [0.15, 0.2) is 42.7 Å². The van der Waals surface area contributed by atoms with Gasteiger partial charge in [-0.25, -0.2) is 0 Å². The number of hydrogen-bond donors (Lipinski definition) is 1. The van der Waals surface area contributed by atoms with Gasteiger partial charge in [0.25, 0.3) is 0 Å². The SMILES string of the molecule is CNC(C)c1ccc2c(c1)CCCN2Cc1ccncc1. The summed E-state index contributed by atoms with van der Waals surface area (Å²) in [5.74, 6) is 0. The second kappa shape index (κ2) is 6.27. The van der Waals surface area contributed by atoms with Gasteiger partial charge in [0.05, 0.1) is 0 Å². The molecule has 0 radical (unpaired) electrons. The van der Waals surface area contributed by atoms with E-state index in [0.29, 0.717) is 6.04 Å². The van der Waals surface area contributed by atoms with Crippen molar-refractivity contribution < 1.29 is 0 Å². The molecule has 3 nitrogen and oxygen atoms in total. The van der Waals surface area contributed by atoms with Crippen molar-refractivity contribution in [3.05, 3.63) is 59.4 Å². The Morgan fingerprint density at radius 1 is 1.24 bits per heavy atom. The van der Waals surface area contributed by atoms with Crippen LogP contribution in [-0.4, -0.2) is 18.6 Å². The first kappa shape index (κ1) is 14.1. The van der Waals surface area contributed by atoms with Crippen LogP contribution in [-0.2, 0) is 13.0 Å². The first-order valence-corrected chi connectivity index (χ1v) is 7.72. The van der Waals surface area contributed by atoms with Crippen molar-refractivity contribution in [2.75, 3.05) is 18.5 Å².